The molecule has 0 saturated carbocycles. The van der Waals surface area contributed by atoms with Crippen LogP contribution >= 0.6 is 11.6 Å². The Bertz CT molecular complexity index is 1390. The molecule has 194 valence electrons. The Morgan fingerprint density at radius 1 is 1.11 bits per heavy atom. The smallest absolute Gasteiger partial charge is 0.422 e. The number of alkyl halides is 3. The summed E-state index contributed by atoms with van der Waals surface area (Å²) < 4.78 is 67.3. The molecule has 0 saturated heterocycles. The summed E-state index contributed by atoms with van der Waals surface area (Å²) in [6.45, 7) is 0.900. The molecule has 4 rings (SSSR count). The van der Waals surface area contributed by atoms with Crippen LogP contribution in [0.4, 0.5) is 23.2 Å². The van der Waals surface area contributed by atoms with Gasteiger partial charge < -0.3 is 19.9 Å². The lowest BCUT2D eigenvalue weighted by Crippen LogP contribution is -2.46. The molecule has 1 heterocycles. The summed E-state index contributed by atoms with van der Waals surface area (Å²) in [7, 11) is 1.12. The third kappa shape index (κ3) is 4.74. The molecule has 2 N–H and O–H groups in total. The van der Waals surface area contributed by atoms with Crippen LogP contribution in [-0.4, -0.2) is 36.9 Å². The number of carbonyl (C=O) groups excluding carboxylic acids is 2. The van der Waals surface area contributed by atoms with Gasteiger partial charge in [-0.15, -0.1) is 0 Å². The highest BCUT2D eigenvalue weighted by atomic mass is 35.5. The number of esters is 1. The van der Waals surface area contributed by atoms with Crippen LogP contribution < -0.4 is 10.1 Å². The van der Waals surface area contributed by atoms with Crippen LogP contribution in [-0.2, 0) is 15.1 Å². The molecule has 1 amide bonds. The zero-order valence-corrected chi connectivity index (χ0v) is 20.2. The number of hydrogen-bond donors (Lipinski definition) is 2. The minimum atomic E-state index is -5.13. The molecule has 3 aromatic rings. The molecular weight excluding hydrogens is 518 g/mol. The van der Waals surface area contributed by atoms with E-state index < -0.39 is 41.0 Å². The van der Waals surface area contributed by atoms with Gasteiger partial charge >= 0.3 is 12.1 Å². The van der Waals surface area contributed by atoms with Crippen LogP contribution in [0.25, 0.3) is 11.1 Å². The van der Waals surface area contributed by atoms with E-state index in [0.29, 0.717) is 11.1 Å². The number of ether oxygens (including phenoxy) is 2. The van der Waals surface area contributed by atoms with Crippen LogP contribution in [0, 0.1) is 5.82 Å². The molecule has 1 aliphatic heterocycles. The number of halogens is 5. The van der Waals surface area contributed by atoms with E-state index in [-0.39, 0.29) is 34.2 Å². The molecule has 0 fully saturated rings. The Morgan fingerprint density at radius 3 is 2.41 bits per heavy atom. The van der Waals surface area contributed by atoms with E-state index in [1.54, 1.807) is 0 Å². The SMILES string of the molecule is COC(=O)c1ccc(-c2ccc(C(C)C(O)(c3ccc4c(c3)NC(=O)CO4)C(F)(F)F)c(Cl)c2)cc1F. The molecule has 0 aliphatic carbocycles. The molecule has 3 aromatic carbocycles. The summed E-state index contributed by atoms with van der Waals surface area (Å²) in [5, 5.41) is 13.5. The molecule has 2 atom stereocenters. The summed E-state index contributed by atoms with van der Waals surface area (Å²) in [5.41, 5.74) is -3.49. The first-order valence-corrected chi connectivity index (χ1v) is 11.3. The first-order valence-electron chi connectivity index (χ1n) is 10.9. The van der Waals surface area contributed by atoms with Crippen LogP contribution in [0.2, 0.25) is 5.02 Å². The average molecular weight is 538 g/mol. The Kier molecular flexibility index (Phi) is 6.91. The number of anilines is 1. The van der Waals surface area contributed by atoms with Gasteiger partial charge in [0.1, 0.15) is 11.6 Å². The van der Waals surface area contributed by atoms with Gasteiger partial charge in [-0.25, -0.2) is 9.18 Å². The maximum Gasteiger partial charge on any atom is 0.422 e. The largest absolute Gasteiger partial charge is 0.482 e. The summed E-state index contributed by atoms with van der Waals surface area (Å²) >= 11 is 6.37. The minimum absolute atomic E-state index is 0.00231. The van der Waals surface area contributed by atoms with E-state index >= 15 is 0 Å². The predicted molar refractivity (Wildman–Crippen MR) is 127 cm³/mol. The van der Waals surface area contributed by atoms with Crippen molar-refractivity contribution in [3.8, 4) is 16.9 Å². The van der Waals surface area contributed by atoms with Crippen molar-refractivity contribution in [1.82, 2.24) is 0 Å². The monoisotopic (exact) mass is 537 g/mol. The zero-order valence-electron chi connectivity index (χ0n) is 19.5. The van der Waals surface area contributed by atoms with Gasteiger partial charge in [0.15, 0.2) is 12.2 Å². The van der Waals surface area contributed by atoms with Crippen LogP contribution in [0.3, 0.4) is 0 Å². The highest BCUT2D eigenvalue weighted by molar-refractivity contribution is 6.31. The van der Waals surface area contributed by atoms with Crippen molar-refractivity contribution >= 4 is 29.2 Å². The van der Waals surface area contributed by atoms with Gasteiger partial charge in [0, 0.05) is 10.9 Å². The number of methoxy groups -OCH3 is 1. The molecular formula is C26H20ClF4NO5. The van der Waals surface area contributed by atoms with E-state index in [0.717, 1.165) is 25.3 Å². The van der Waals surface area contributed by atoms with Crippen LogP contribution in [0.5, 0.6) is 5.75 Å². The molecule has 6 nitrogen and oxygen atoms in total. The number of amides is 1. The lowest BCUT2D eigenvalue weighted by Gasteiger charge is -2.37. The summed E-state index contributed by atoms with van der Waals surface area (Å²) in [6.07, 6.45) is -5.13. The van der Waals surface area contributed by atoms with Gasteiger partial charge in [-0.1, -0.05) is 42.8 Å². The summed E-state index contributed by atoms with van der Waals surface area (Å²) in [6, 6.07) is 11.2. The van der Waals surface area contributed by atoms with Gasteiger partial charge in [0.05, 0.1) is 18.4 Å². The molecule has 1 aliphatic rings. The van der Waals surface area contributed by atoms with E-state index in [4.69, 9.17) is 16.3 Å². The second-order valence-electron chi connectivity index (χ2n) is 8.46. The molecule has 2 unspecified atom stereocenters. The van der Waals surface area contributed by atoms with E-state index in [1.807, 2.05) is 0 Å². The van der Waals surface area contributed by atoms with Crippen molar-refractivity contribution in [2.75, 3.05) is 19.0 Å². The van der Waals surface area contributed by atoms with Crippen molar-refractivity contribution in [3.63, 3.8) is 0 Å². The summed E-state index contributed by atoms with van der Waals surface area (Å²) in [5.74, 6) is -3.65. The van der Waals surface area contributed by atoms with E-state index in [2.05, 4.69) is 10.1 Å². The molecule has 37 heavy (non-hydrogen) atoms. The zero-order chi connectivity index (χ0) is 27.1. The lowest BCUT2D eigenvalue weighted by molar-refractivity contribution is -0.274. The van der Waals surface area contributed by atoms with E-state index in [9.17, 15) is 32.3 Å². The standard InChI is InChI=1S/C26H20ClF4NO5/c1-13(25(35,26(29,30)31)16-5-8-22-21(11-16)32-23(33)12-37-22)17-6-3-14(9-19(17)27)15-4-7-18(20(28)10-15)24(34)36-2/h3-11,13,35H,12H2,1-2H3,(H,32,33). The molecule has 0 spiro atoms. The second-order valence-corrected chi connectivity index (χ2v) is 8.86. The third-order valence-corrected chi connectivity index (χ3v) is 6.61. The predicted octanol–water partition coefficient (Wildman–Crippen LogP) is 5.82. The van der Waals surface area contributed by atoms with Gasteiger partial charge in [-0.05, 0) is 52.6 Å². The first-order chi connectivity index (χ1) is 17.4. The topological polar surface area (TPSA) is 84.9 Å². The van der Waals surface area contributed by atoms with Crippen LogP contribution in [0.15, 0.2) is 54.6 Å². The Morgan fingerprint density at radius 2 is 1.78 bits per heavy atom. The number of aliphatic hydroxyl groups is 1. The highest BCUT2D eigenvalue weighted by Crippen LogP contribution is 2.51. The van der Waals surface area contributed by atoms with Crippen LogP contribution in [0.1, 0.15) is 34.3 Å². The molecule has 11 heteroatoms. The number of benzene rings is 3. The number of fused-ring (bicyclic) bond motifs is 1. The third-order valence-electron chi connectivity index (χ3n) is 6.29. The van der Waals surface area contributed by atoms with Gasteiger partial charge in [0.2, 0.25) is 0 Å². The van der Waals surface area contributed by atoms with Crippen molar-refractivity contribution in [2.45, 2.75) is 24.6 Å². The first kappa shape index (κ1) is 26.4. The fourth-order valence-corrected chi connectivity index (χ4v) is 4.58. The lowest BCUT2D eigenvalue weighted by atomic mass is 9.77. The van der Waals surface area contributed by atoms with Gasteiger partial charge in [-0.2, -0.15) is 13.2 Å². The molecule has 0 radical (unpaired) electrons. The number of nitrogens with one attached hydrogen (secondary N) is 1. The highest BCUT2D eigenvalue weighted by Gasteiger charge is 2.59. The maximum atomic E-state index is 14.4. The number of hydrogen-bond acceptors (Lipinski definition) is 5. The van der Waals surface area contributed by atoms with Crippen molar-refractivity contribution in [3.05, 3.63) is 82.1 Å². The van der Waals surface area contributed by atoms with Crippen molar-refractivity contribution in [1.29, 1.82) is 0 Å². The average Bonchev–Trinajstić information content (AvgIpc) is 2.86. The minimum Gasteiger partial charge on any atom is -0.482 e. The normalized spacial score (nSPS) is 15.6. The fraction of sp³-hybridized carbons (Fsp3) is 0.231. The number of carbonyl (C=O) groups is 2. The van der Waals surface area contributed by atoms with Crippen molar-refractivity contribution < 1.29 is 41.7 Å². The summed E-state index contributed by atoms with van der Waals surface area (Å²) in [4.78, 5) is 23.3. The number of rotatable bonds is 5. The van der Waals surface area contributed by atoms with Gasteiger partial charge in [0.25, 0.3) is 5.91 Å². The maximum absolute atomic E-state index is 14.4. The Balaban J connectivity index is 1.73. The van der Waals surface area contributed by atoms with Gasteiger partial charge in [-0.3, -0.25) is 4.79 Å². The fourth-order valence-electron chi connectivity index (χ4n) is 4.23. The van der Waals surface area contributed by atoms with Crippen molar-refractivity contribution in [2.24, 2.45) is 0 Å². The Hall–Kier alpha value is -3.63. The molecule has 0 bridgehead atoms. The quantitative estimate of drug-likeness (QED) is 0.317. The second kappa shape index (κ2) is 9.68. The molecule has 0 aromatic heterocycles. The Labute approximate surface area is 213 Å². The van der Waals surface area contributed by atoms with E-state index in [1.165, 1.54) is 43.3 Å².